The number of halogens is 1. The molecule has 160 valence electrons. The van der Waals surface area contributed by atoms with Crippen LogP contribution in [0.3, 0.4) is 0 Å². The molecular weight excluding hydrogens is 391 g/mol. The second-order valence-corrected chi connectivity index (χ2v) is 8.54. The van der Waals surface area contributed by atoms with Gasteiger partial charge in [0.2, 0.25) is 11.8 Å². The highest BCUT2D eigenvalue weighted by Crippen LogP contribution is 2.33. The molecule has 0 N–H and O–H groups in total. The van der Waals surface area contributed by atoms with Crippen LogP contribution in [0.2, 0.25) is 0 Å². The molecule has 1 aliphatic carbocycles. The highest BCUT2D eigenvalue weighted by molar-refractivity contribution is 5.68. The van der Waals surface area contributed by atoms with Gasteiger partial charge in [-0.25, -0.2) is 9.78 Å². The third-order valence-electron chi connectivity index (χ3n) is 5.01. The van der Waals surface area contributed by atoms with Crippen LogP contribution in [-0.2, 0) is 11.8 Å². The van der Waals surface area contributed by atoms with Gasteiger partial charge in [-0.3, -0.25) is 4.68 Å². The fourth-order valence-corrected chi connectivity index (χ4v) is 3.33. The number of carbonyl (C=O) groups excluding carboxylic acids is 1. The molecule has 10 heteroatoms. The van der Waals surface area contributed by atoms with Crippen LogP contribution in [0, 0.1) is 5.95 Å². The highest BCUT2D eigenvalue weighted by atomic mass is 19.1. The number of aromatic nitrogens is 5. The molecule has 3 heterocycles. The second kappa shape index (κ2) is 7.26. The Bertz CT molecular complexity index is 1080. The minimum absolute atomic E-state index is 0.0176. The molecule has 0 radical (unpaired) electrons. The van der Waals surface area contributed by atoms with Gasteiger partial charge in [0.05, 0.1) is 12.4 Å². The largest absolute Gasteiger partial charge is 0.473 e. The molecule has 9 nitrogen and oxygen atoms in total. The van der Waals surface area contributed by atoms with E-state index >= 15 is 0 Å². The number of carbonyl (C=O) groups is 1. The lowest BCUT2D eigenvalue weighted by Crippen LogP contribution is -2.51. The molecule has 1 saturated carbocycles. The van der Waals surface area contributed by atoms with Crippen LogP contribution in [0.4, 0.5) is 9.18 Å². The van der Waals surface area contributed by atoms with E-state index in [1.165, 1.54) is 10.7 Å². The van der Waals surface area contributed by atoms with Crippen LogP contribution >= 0.6 is 0 Å². The zero-order valence-electron chi connectivity index (χ0n) is 17.7. The number of fused-ring (bicyclic) bond motifs is 1. The van der Waals surface area contributed by atoms with Crippen LogP contribution in [-0.4, -0.2) is 60.2 Å². The monoisotopic (exact) mass is 416 g/mol. The Balaban J connectivity index is 1.50. The predicted molar refractivity (Wildman–Crippen MR) is 107 cm³/mol. The van der Waals surface area contributed by atoms with Crippen molar-refractivity contribution < 1.29 is 18.7 Å². The van der Waals surface area contributed by atoms with E-state index in [1.807, 2.05) is 20.8 Å². The van der Waals surface area contributed by atoms with Gasteiger partial charge in [-0.05, 0) is 26.8 Å². The lowest BCUT2D eigenvalue weighted by atomic mass is 9.88. The third kappa shape index (κ3) is 3.81. The maximum Gasteiger partial charge on any atom is 0.410 e. The normalized spacial score (nSPS) is 18.9. The zero-order valence-corrected chi connectivity index (χ0v) is 17.7. The predicted octanol–water partition coefficient (Wildman–Crippen LogP) is 3.05. The first-order valence-corrected chi connectivity index (χ1v) is 9.77. The Kier molecular flexibility index (Phi) is 4.87. The van der Waals surface area contributed by atoms with E-state index in [9.17, 15) is 9.18 Å². The standard InChI is InChI=1S/C20H25FN6O3/c1-20(2,3)30-19(28)26(5)13-8-14(9-13)29-18-15-6-7-22-27(15)17(21)16(24-18)12-10-23-25(4)11-12/h6-7,10-11,13-14H,8-9H2,1-5H3. The summed E-state index contributed by atoms with van der Waals surface area (Å²) in [5, 5.41) is 8.13. The molecule has 1 fully saturated rings. The fraction of sp³-hybridized carbons (Fsp3) is 0.500. The number of hydrogen-bond acceptors (Lipinski definition) is 6. The summed E-state index contributed by atoms with van der Waals surface area (Å²) >= 11 is 0. The summed E-state index contributed by atoms with van der Waals surface area (Å²) in [6.45, 7) is 5.51. The van der Waals surface area contributed by atoms with Crippen molar-refractivity contribution in [3.05, 3.63) is 30.6 Å². The molecule has 30 heavy (non-hydrogen) atoms. The summed E-state index contributed by atoms with van der Waals surface area (Å²) in [6, 6.07) is 1.67. The third-order valence-corrected chi connectivity index (χ3v) is 5.01. The van der Waals surface area contributed by atoms with Crippen molar-refractivity contribution in [1.29, 1.82) is 0 Å². The lowest BCUT2D eigenvalue weighted by molar-refractivity contribution is -0.00941. The Morgan fingerprint density at radius 3 is 2.67 bits per heavy atom. The first-order chi connectivity index (χ1) is 14.1. The molecule has 4 rings (SSSR count). The van der Waals surface area contributed by atoms with Crippen LogP contribution in [0.15, 0.2) is 24.7 Å². The molecular formula is C20H25FN6O3. The number of aryl methyl sites for hydroxylation is 1. The van der Waals surface area contributed by atoms with Crippen molar-refractivity contribution in [3.8, 4) is 17.1 Å². The topological polar surface area (TPSA) is 86.8 Å². The summed E-state index contributed by atoms with van der Waals surface area (Å²) in [7, 11) is 3.47. The smallest absolute Gasteiger partial charge is 0.410 e. The maximum absolute atomic E-state index is 14.9. The van der Waals surface area contributed by atoms with Gasteiger partial charge >= 0.3 is 6.09 Å². The number of ether oxygens (including phenoxy) is 2. The van der Waals surface area contributed by atoms with E-state index < -0.39 is 11.5 Å². The average molecular weight is 416 g/mol. The van der Waals surface area contributed by atoms with Crippen molar-refractivity contribution in [2.24, 2.45) is 7.05 Å². The van der Waals surface area contributed by atoms with Crippen LogP contribution in [0.5, 0.6) is 5.88 Å². The van der Waals surface area contributed by atoms with Gasteiger partial charge in [0, 0.05) is 44.7 Å². The molecule has 0 aromatic carbocycles. The quantitative estimate of drug-likeness (QED) is 0.650. The van der Waals surface area contributed by atoms with E-state index in [1.54, 1.807) is 42.1 Å². The zero-order chi connectivity index (χ0) is 21.6. The van der Waals surface area contributed by atoms with Gasteiger partial charge in [0.25, 0.3) is 0 Å². The van der Waals surface area contributed by atoms with Gasteiger partial charge < -0.3 is 14.4 Å². The van der Waals surface area contributed by atoms with Crippen molar-refractivity contribution in [3.63, 3.8) is 0 Å². The maximum atomic E-state index is 14.9. The molecule has 3 aromatic heterocycles. The number of hydrogen-bond donors (Lipinski definition) is 0. The van der Waals surface area contributed by atoms with Gasteiger partial charge in [-0.2, -0.15) is 19.1 Å². The molecule has 0 saturated heterocycles. The summed E-state index contributed by atoms with van der Waals surface area (Å²) in [4.78, 5) is 18.2. The summed E-state index contributed by atoms with van der Waals surface area (Å²) < 4.78 is 29.1. The van der Waals surface area contributed by atoms with Gasteiger partial charge in [0.15, 0.2) is 0 Å². The van der Waals surface area contributed by atoms with E-state index in [0.717, 1.165) is 0 Å². The van der Waals surface area contributed by atoms with Crippen molar-refractivity contribution >= 4 is 11.6 Å². The van der Waals surface area contributed by atoms with Crippen LogP contribution < -0.4 is 4.74 Å². The van der Waals surface area contributed by atoms with Crippen molar-refractivity contribution in [2.75, 3.05) is 7.05 Å². The van der Waals surface area contributed by atoms with Crippen LogP contribution in [0.25, 0.3) is 16.8 Å². The fourth-order valence-electron chi connectivity index (χ4n) is 3.33. The van der Waals surface area contributed by atoms with Gasteiger partial charge in [-0.1, -0.05) is 0 Å². The molecule has 0 bridgehead atoms. The minimum Gasteiger partial charge on any atom is -0.473 e. The van der Waals surface area contributed by atoms with Crippen LogP contribution in [0.1, 0.15) is 33.6 Å². The summed E-state index contributed by atoms with van der Waals surface area (Å²) in [6.07, 6.45) is 5.50. The average Bonchev–Trinajstić information content (AvgIpc) is 3.27. The van der Waals surface area contributed by atoms with Crippen molar-refractivity contribution in [1.82, 2.24) is 29.3 Å². The Morgan fingerprint density at radius 1 is 1.30 bits per heavy atom. The number of nitrogens with zero attached hydrogens (tertiary/aromatic N) is 6. The summed E-state index contributed by atoms with van der Waals surface area (Å²) in [5.74, 6) is -0.275. The first-order valence-electron chi connectivity index (χ1n) is 9.77. The molecule has 1 aliphatic rings. The Hall–Kier alpha value is -3.17. The number of amides is 1. The molecule has 0 aliphatic heterocycles. The number of rotatable bonds is 4. The van der Waals surface area contributed by atoms with E-state index in [-0.39, 0.29) is 23.9 Å². The Labute approximate surface area is 173 Å². The lowest BCUT2D eigenvalue weighted by Gasteiger charge is -2.40. The SMILES string of the molecule is CN(C(=O)OC(C)(C)C)C1CC(Oc2nc(-c3cnn(C)c3)c(F)n3nccc23)C1. The van der Waals surface area contributed by atoms with Gasteiger partial charge in [0.1, 0.15) is 22.9 Å². The summed E-state index contributed by atoms with van der Waals surface area (Å²) in [5.41, 5.74) is 0.563. The minimum atomic E-state index is -0.577. The second-order valence-electron chi connectivity index (χ2n) is 8.54. The highest BCUT2D eigenvalue weighted by Gasteiger charge is 2.38. The van der Waals surface area contributed by atoms with Crippen molar-refractivity contribution in [2.45, 2.75) is 51.4 Å². The van der Waals surface area contributed by atoms with Gasteiger partial charge in [-0.15, -0.1) is 0 Å². The molecule has 3 aromatic rings. The van der Waals surface area contributed by atoms with E-state index in [2.05, 4.69) is 15.2 Å². The molecule has 0 atom stereocenters. The first kappa shape index (κ1) is 20.1. The van der Waals surface area contributed by atoms with E-state index in [4.69, 9.17) is 9.47 Å². The molecule has 0 spiro atoms. The Morgan fingerprint density at radius 2 is 2.03 bits per heavy atom. The van der Waals surface area contributed by atoms with E-state index in [0.29, 0.717) is 29.8 Å². The molecule has 0 unspecified atom stereocenters. The molecule has 1 amide bonds.